The van der Waals surface area contributed by atoms with E-state index in [4.69, 9.17) is 9.53 Å². The van der Waals surface area contributed by atoms with Gasteiger partial charge in [-0.2, -0.15) is 0 Å². The Morgan fingerprint density at radius 1 is 1.35 bits per heavy atom. The number of allylic oxidation sites excluding steroid dienone is 1. The van der Waals surface area contributed by atoms with Crippen molar-refractivity contribution in [2.24, 2.45) is 0 Å². The minimum absolute atomic E-state index is 0.0529. The minimum Gasteiger partial charge on any atom is -0.485 e. The van der Waals surface area contributed by atoms with Gasteiger partial charge in [-0.25, -0.2) is 0 Å². The number of ketones is 1. The van der Waals surface area contributed by atoms with Crippen molar-refractivity contribution in [1.29, 1.82) is 0 Å². The van der Waals surface area contributed by atoms with Crippen molar-refractivity contribution in [3.63, 3.8) is 0 Å². The number of carbonyl (C=O) groups is 2. The molecule has 1 aromatic rings. The summed E-state index contributed by atoms with van der Waals surface area (Å²) in [5.74, 6) is 0.812. The van der Waals surface area contributed by atoms with E-state index >= 15 is 0 Å². The quantitative estimate of drug-likeness (QED) is 0.740. The monoisotopic (exact) mass is 277 g/mol. The van der Waals surface area contributed by atoms with Crippen LogP contribution in [0.2, 0.25) is 0 Å². The molecule has 0 aliphatic carbocycles. The topological polar surface area (TPSA) is 55.4 Å². The highest BCUT2D eigenvalue weighted by Crippen LogP contribution is 2.18. The van der Waals surface area contributed by atoms with E-state index < -0.39 is 0 Å². The van der Waals surface area contributed by atoms with Crippen molar-refractivity contribution in [3.8, 4) is 5.75 Å². The van der Waals surface area contributed by atoms with E-state index in [0.29, 0.717) is 12.6 Å². The first-order valence-electron chi connectivity index (χ1n) is 6.49. The zero-order valence-electron chi connectivity index (χ0n) is 12.2. The molecule has 0 heterocycles. The molecule has 0 saturated heterocycles. The van der Waals surface area contributed by atoms with Gasteiger partial charge in [0.05, 0.1) is 6.54 Å². The number of benzene rings is 1. The molecule has 20 heavy (non-hydrogen) atoms. The van der Waals surface area contributed by atoms with Crippen LogP contribution in [0.5, 0.6) is 5.75 Å². The van der Waals surface area contributed by atoms with Crippen molar-refractivity contribution in [2.45, 2.75) is 26.3 Å². The lowest BCUT2D eigenvalue weighted by Crippen LogP contribution is -2.31. The van der Waals surface area contributed by atoms with Gasteiger partial charge in [0.1, 0.15) is 19.1 Å². The van der Waals surface area contributed by atoms with Crippen LogP contribution in [-0.4, -0.2) is 31.8 Å². The van der Waals surface area contributed by atoms with Crippen molar-refractivity contribution in [2.75, 3.05) is 13.2 Å². The molecule has 110 valence electrons. The summed E-state index contributed by atoms with van der Waals surface area (Å²) in [5.41, 5.74) is 1.05. The summed E-state index contributed by atoms with van der Waals surface area (Å²) in [7, 11) is 0. The Morgan fingerprint density at radius 3 is 2.60 bits per heavy atom. The molecule has 0 aliphatic rings. The van der Waals surface area contributed by atoms with E-state index in [0.717, 1.165) is 17.7 Å². The molecule has 0 amide bonds. The standard InChI is InChI=1S/C15H21NO2.CH2O/c1-4-7-13-8-5-6-9-15(13)18-11-14(17)10-16-12(2)3;1-2/h4-6,8-9,12,16H,1,7,10-11H2,2-3H3;1H2. The highest BCUT2D eigenvalue weighted by molar-refractivity contribution is 5.82. The van der Waals surface area contributed by atoms with Gasteiger partial charge < -0.3 is 14.8 Å². The van der Waals surface area contributed by atoms with Gasteiger partial charge in [-0.1, -0.05) is 38.1 Å². The molecule has 0 radical (unpaired) electrons. The third-order valence-electron chi connectivity index (χ3n) is 2.43. The molecule has 1 aromatic carbocycles. The van der Waals surface area contributed by atoms with Crippen LogP contribution in [0.25, 0.3) is 0 Å². The zero-order valence-corrected chi connectivity index (χ0v) is 12.2. The highest BCUT2D eigenvalue weighted by atomic mass is 16.5. The maximum absolute atomic E-state index is 11.6. The number of hydrogen-bond acceptors (Lipinski definition) is 4. The summed E-state index contributed by atoms with van der Waals surface area (Å²) in [6.07, 6.45) is 2.57. The van der Waals surface area contributed by atoms with Gasteiger partial charge in [0.25, 0.3) is 0 Å². The van der Waals surface area contributed by atoms with Crippen LogP contribution in [0.15, 0.2) is 36.9 Å². The molecule has 1 rings (SSSR count). The molecule has 0 aromatic heterocycles. The molecular formula is C16H23NO3. The summed E-state index contributed by atoms with van der Waals surface area (Å²) in [6, 6.07) is 8.02. The molecule has 1 N–H and O–H groups in total. The van der Waals surface area contributed by atoms with E-state index in [1.807, 2.05) is 51.0 Å². The summed E-state index contributed by atoms with van der Waals surface area (Å²) in [5, 5.41) is 3.08. The molecule has 4 nitrogen and oxygen atoms in total. The Kier molecular flexibility index (Phi) is 9.87. The van der Waals surface area contributed by atoms with Crippen LogP contribution in [0.3, 0.4) is 0 Å². The fourth-order valence-electron chi connectivity index (χ4n) is 1.50. The lowest BCUT2D eigenvalue weighted by Gasteiger charge is -2.11. The third kappa shape index (κ3) is 7.48. The Labute approximate surface area is 120 Å². The van der Waals surface area contributed by atoms with Crippen LogP contribution >= 0.6 is 0 Å². The molecular weight excluding hydrogens is 254 g/mol. The fraction of sp³-hybridized carbons (Fsp3) is 0.375. The predicted octanol–water partition coefficient (Wildman–Crippen LogP) is 2.18. The smallest absolute Gasteiger partial charge is 0.183 e. The van der Waals surface area contributed by atoms with Crippen molar-refractivity contribution in [3.05, 3.63) is 42.5 Å². The lowest BCUT2D eigenvalue weighted by atomic mass is 10.1. The van der Waals surface area contributed by atoms with Crippen molar-refractivity contribution >= 4 is 12.6 Å². The Balaban J connectivity index is 0.00000172. The first-order chi connectivity index (χ1) is 9.63. The van der Waals surface area contributed by atoms with Gasteiger partial charge in [-0.3, -0.25) is 4.79 Å². The minimum atomic E-state index is 0.0529. The molecule has 0 unspecified atom stereocenters. The molecule has 0 spiro atoms. The summed E-state index contributed by atoms with van der Waals surface area (Å²) in [4.78, 5) is 19.6. The average molecular weight is 277 g/mol. The number of carbonyl (C=O) groups excluding carboxylic acids is 2. The molecule has 0 fully saturated rings. The van der Waals surface area contributed by atoms with Crippen LogP contribution in [0.1, 0.15) is 19.4 Å². The van der Waals surface area contributed by atoms with Crippen LogP contribution < -0.4 is 10.1 Å². The van der Waals surface area contributed by atoms with Gasteiger partial charge in [0.2, 0.25) is 0 Å². The molecule has 0 aliphatic heterocycles. The number of ether oxygens (including phenoxy) is 1. The molecule has 0 bridgehead atoms. The normalized spacial score (nSPS) is 9.55. The van der Waals surface area contributed by atoms with Gasteiger partial charge in [0.15, 0.2) is 5.78 Å². The number of para-hydroxylation sites is 1. The highest BCUT2D eigenvalue weighted by Gasteiger charge is 2.06. The molecule has 0 atom stereocenters. The van der Waals surface area contributed by atoms with E-state index in [1.54, 1.807) is 0 Å². The summed E-state index contributed by atoms with van der Waals surface area (Å²) in [6.45, 7) is 10.2. The van der Waals surface area contributed by atoms with E-state index in [9.17, 15) is 4.79 Å². The van der Waals surface area contributed by atoms with E-state index in [2.05, 4.69) is 11.9 Å². The van der Waals surface area contributed by atoms with Crippen LogP contribution in [-0.2, 0) is 16.0 Å². The Hall–Kier alpha value is -1.94. The second-order valence-electron chi connectivity index (χ2n) is 4.46. The molecule has 4 heteroatoms. The Morgan fingerprint density at radius 2 is 2.00 bits per heavy atom. The first kappa shape index (κ1) is 18.1. The number of hydrogen-bond donors (Lipinski definition) is 1. The fourth-order valence-corrected chi connectivity index (χ4v) is 1.50. The number of nitrogens with one attached hydrogen (secondary N) is 1. The SMILES string of the molecule is C=CCc1ccccc1OCC(=O)CNC(C)C.C=O. The third-order valence-corrected chi connectivity index (χ3v) is 2.43. The van der Waals surface area contributed by atoms with Gasteiger partial charge in [-0.05, 0) is 18.1 Å². The maximum atomic E-state index is 11.6. The zero-order chi connectivity index (χ0) is 15.4. The summed E-state index contributed by atoms with van der Waals surface area (Å²) >= 11 is 0. The maximum Gasteiger partial charge on any atom is 0.183 e. The molecule has 0 saturated carbocycles. The van der Waals surface area contributed by atoms with Crippen molar-refractivity contribution in [1.82, 2.24) is 5.32 Å². The first-order valence-corrected chi connectivity index (χ1v) is 6.49. The number of rotatable bonds is 8. The summed E-state index contributed by atoms with van der Waals surface area (Å²) < 4.78 is 5.55. The van der Waals surface area contributed by atoms with Gasteiger partial charge >= 0.3 is 0 Å². The average Bonchev–Trinajstić information content (AvgIpc) is 2.46. The van der Waals surface area contributed by atoms with Crippen LogP contribution in [0, 0.1) is 0 Å². The predicted molar refractivity (Wildman–Crippen MR) is 81.1 cm³/mol. The van der Waals surface area contributed by atoms with Gasteiger partial charge in [-0.15, -0.1) is 6.58 Å². The second kappa shape index (κ2) is 10.9. The second-order valence-corrected chi connectivity index (χ2v) is 4.46. The van der Waals surface area contributed by atoms with Gasteiger partial charge in [0, 0.05) is 6.04 Å². The number of Topliss-reactive ketones (excluding diaryl/α,β-unsaturated/α-hetero) is 1. The van der Waals surface area contributed by atoms with Crippen LogP contribution in [0.4, 0.5) is 0 Å². The Bertz CT molecular complexity index is 416. The largest absolute Gasteiger partial charge is 0.485 e. The van der Waals surface area contributed by atoms with E-state index in [-0.39, 0.29) is 12.4 Å². The lowest BCUT2D eigenvalue weighted by molar-refractivity contribution is -0.120. The van der Waals surface area contributed by atoms with E-state index in [1.165, 1.54) is 0 Å². The van der Waals surface area contributed by atoms with Crippen molar-refractivity contribution < 1.29 is 14.3 Å².